The van der Waals surface area contributed by atoms with Crippen molar-refractivity contribution in [3.05, 3.63) is 133 Å². The molecule has 0 aliphatic carbocycles. The van der Waals surface area contributed by atoms with Gasteiger partial charge in [0, 0.05) is 74.1 Å². The van der Waals surface area contributed by atoms with Crippen molar-refractivity contribution in [1.82, 2.24) is 38.8 Å². The average molecular weight is 1530 g/mol. The summed E-state index contributed by atoms with van der Waals surface area (Å²) < 4.78 is 128. The number of rotatable bonds is 31. The molecule has 31 heteroatoms. The molecule has 4 saturated heterocycles. The second-order valence-electron chi connectivity index (χ2n) is 25.4. The standard InChI is InChI=1S/C34H44N4O10S.C31H41IN2O10S.C3H4N2/c1-23(2)18-38(49(41,42)26-8-9-30-31(17-26)47-22-46-30)19-29(39)28(36-34(40)48-32-20-45-33-27(32)10-15-44-33)16-24-4-6-25(7-5-24)43-14-3-12-37-13-11-35-21-37;1-20(2)16-34(45(37,38)23-8-9-27-28(15-23)43-19-42-27)17-26(35)25(14-21-4-6-22(7-5-21)39-12-3-11-32)33-31(36)44-29-18-41-30-24(29)10-13-40-30;1-2-5-3-4-1/h4-9,11,13,17,21,23,27-29,32-33,39H,3,10,12,14-16,18-20,22H2,1-2H3,(H,36,40);4-9,15,20,24-26,29-30,35H,3,10-14,16-19H2,1-2H3,(H,33,36);1-3H,(H,4,5)/t27-,28-,29+,32-,33+;24-,25-,26+,29-,30+;/m00./s1. The first-order chi connectivity index (χ1) is 47.8. The number of aromatic amines is 1. The molecule has 8 heterocycles. The van der Waals surface area contributed by atoms with Crippen molar-refractivity contribution >= 4 is 54.8 Å². The molecular weight excluding hydrogens is 1440 g/mol. The van der Waals surface area contributed by atoms with E-state index in [-0.39, 0.29) is 106 Å². The molecule has 99 heavy (non-hydrogen) atoms. The number of nitrogens with zero attached hydrogens (tertiary/aromatic N) is 5. The zero-order valence-electron chi connectivity index (χ0n) is 55.8. The van der Waals surface area contributed by atoms with Crippen molar-refractivity contribution in [3.63, 3.8) is 0 Å². The van der Waals surface area contributed by atoms with E-state index in [0.29, 0.717) is 61.6 Å². The molecule has 4 fully saturated rings. The number of nitrogens with one attached hydrogen (secondary N) is 3. The van der Waals surface area contributed by atoms with Crippen molar-refractivity contribution < 1.29 is 93.5 Å². The van der Waals surface area contributed by atoms with Crippen LogP contribution in [-0.2, 0) is 67.9 Å². The van der Waals surface area contributed by atoms with Crippen LogP contribution in [0.25, 0.3) is 0 Å². The van der Waals surface area contributed by atoms with Gasteiger partial charge in [-0.05, 0) is 110 Å². The molecule has 0 saturated carbocycles. The number of hydrogen-bond donors (Lipinski definition) is 5. The van der Waals surface area contributed by atoms with E-state index in [1.165, 1.54) is 32.9 Å². The summed E-state index contributed by atoms with van der Waals surface area (Å²) in [5.74, 6) is 2.82. The number of sulfonamides is 2. The molecule has 4 aromatic carbocycles. The molecule has 540 valence electrons. The Labute approximate surface area is 590 Å². The number of carbonyl (C=O) groups is 2. The van der Waals surface area contributed by atoms with Gasteiger partial charge in [-0.25, -0.2) is 36.4 Å². The number of benzene rings is 4. The summed E-state index contributed by atoms with van der Waals surface area (Å²) in [6.45, 7) is 10.8. The zero-order chi connectivity index (χ0) is 69.9. The number of alkyl halides is 1. The molecule has 28 nitrogen and oxygen atoms in total. The highest BCUT2D eigenvalue weighted by atomic mass is 127. The molecule has 10 atom stereocenters. The van der Waals surface area contributed by atoms with E-state index in [1.54, 1.807) is 43.4 Å². The number of aromatic nitrogens is 4. The van der Waals surface area contributed by atoms with Gasteiger partial charge >= 0.3 is 12.2 Å². The Morgan fingerprint density at radius 2 is 1.10 bits per heavy atom. The average Bonchev–Trinajstić information content (AvgIpc) is 1.61. The minimum atomic E-state index is -4.07. The number of halogens is 1. The fourth-order valence-electron chi connectivity index (χ4n) is 12.0. The third kappa shape index (κ3) is 21.0. The third-order valence-corrected chi connectivity index (χ3v) is 21.4. The number of H-pyrrole nitrogens is 1. The predicted octanol–water partition coefficient (Wildman–Crippen LogP) is 7.32. The largest absolute Gasteiger partial charge is 0.494 e. The Hall–Kier alpha value is -7.05. The summed E-state index contributed by atoms with van der Waals surface area (Å²) in [5, 5.41) is 28.9. The fourth-order valence-corrected chi connectivity index (χ4v) is 15.6. The zero-order valence-corrected chi connectivity index (χ0v) is 59.6. The van der Waals surface area contributed by atoms with Gasteiger partial charge in [-0.15, -0.1) is 0 Å². The van der Waals surface area contributed by atoms with Crippen LogP contribution in [0.5, 0.6) is 34.5 Å². The molecule has 0 radical (unpaired) electrons. The summed E-state index contributed by atoms with van der Waals surface area (Å²) in [4.78, 5) is 36.9. The van der Waals surface area contributed by atoms with Crippen LogP contribution < -0.4 is 39.1 Å². The Balaban J connectivity index is 0.000000200. The Morgan fingerprint density at radius 1 is 0.626 bits per heavy atom. The summed E-state index contributed by atoms with van der Waals surface area (Å²) in [6, 6.07) is 21.9. The predicted molar refractivity (Wildman–Crippen MR) is 367 cm³/mol. The van der Waals surface area contributed by atoms with Crippen LogP contribution in [0, 0.1) is 23.7 Å². The number of fused-ring (bicyclic) bond motifs is 4. The summed E-state index contributed by atoms with van der Waals surface area (Å²) in [5.41, 5.74) is 1.63. The number of imidazole rings is 2. The van der Waals surface area contributed by atoms with Gasteiger partial charge in [0.1, 0.15) is 23.7 Å². The third-order valence-electron chi connectivity index (χ3n) is 17.0. The Kier molecular flexibility index (Phi) is 27.1. The van der Waals surface area contributed by atoms with Crippen molar-refractivity contribution in [1.29, 1.82) is 0 Å². The Bertz CT molecular complexity index is 3700. The van der Waals surface area contributed by atoms with Gasteiger partial charge in [-0.1, -0.05) is 74.6 Å². The normalized spacial score (nSPS) is 20.8. The van der Waals surface area contributed by atoms with Crippen LogP contribution in [0.1, 0.15) is 64.5 Å². The van der Waals surface area contributed by atoms with Gasteiger partial charge in [0.05, 0.1) is 98.2 Å². The number of amides is 2. The van der Waals surface area contributed by atoms with Gasteiger partial charge in [-0.3, -0.25) is 0 Å². The lowest BCUT2D eigenvalue weighted by molar-refractivity contribution is -0.0909. The van der Waals surface area contributed by atoms with Gasteiger partial charge in [0.15, 0.2) is 35.6 Å². The number of aliphatic hydroxyl groups excluding tert-OH is 2. The van der Waals surface area contributed by atoms with Crippen LogP contribution in [-0.4, -0.2) is 200 Å². The first kappa shape index (κ1) is 74.6. The maximum Gasteiger partial charge on any atom is 0.407 e. The van der Waals surface area contributed by atoms with E-state index in [4.69, 9.17) is 56.8 Å². The highest BCUT2D eigenvalue weighted by molar-refractivity contribution is 14.1. The highest BCUT2D eigenvalue weighted by Gasteiger charge is 2.46. The van der Waals surface area contributed by atoms with Gasteiger partial charge in [0.25, 0.3) is 0 Å². The highest BCUT2D eigenvalue weighted by Crippen LogP contribution is 2.38. The molecule has 6 aliphatic rings. The van der Waals surface area contributed by atoms with E-state index in [0.717, 1.165) is 47.1 Å². The van der Waals surface area contributed by atoms with Crippen LogP contribution in [0.15, 0.2) is 132 Å². The van der Waals surface area contributed by atoms with Gasteiger partial charge in [-0.2, -0.15) is 8.61 Å². The minimum absolute atomic E-state index is 0.0114. The van der Waals surface area contributed by atoms with E-state index in [2.05, 4.69) is 48.2 Å². The first-order valence-corrected chi connectivity index (χ1v) is 37.6. The lowest BCUT2D eigenvalue weighted by atomic mass is 10.0. The van der Waals surface area contributed by atoms with Crippen molar-refractivity contribution in [2.75, 3.05) is 83.8 Å². The van der Waals surface area contributed by atoms with Crippen molar-refractivity contribution in [2.45, 2.75) is 132 Å². The molecular formula is C68H89IN8O20S2. The molecule has 0 bridgehead atoms. The van der Waals surface area contributed by atoms with E-state index in [1.807, 2.05) is 87.0 Å². The SMILES string of the molecule is CC(C)CN(C[C@@H](O)[C@H](Cc1ccc(OCCCI)cc1)NC(=O)O[C@H]1CO[C@H]2OCC[C@H]21)S(=O)(=O)c1ccc2c(c1)OCO2.CC(C)CN(C[C@@H](O)[C@H](Cc1ccc(OCCCn2ccnc2)cc1)NC(=O)O[C@H]1CO[C@H]2OCC[C@H]21)S(=O)(=O)c1ccc2c(c1)OCO2.c1c[nH]cn1. The lowest BCUT2D eigenvalue weighted by Crippen LogP contribution is -2.51. The molecule has 0 spiro atoms. The molecule has 12 rings (SSSR count). The van der Waals surface area contributed by atoms with Crippen LogP contribution in [0.4, 0.5) is 9.59 Å². The van der Waals surface area contributed by atoms with E-state index >= 15 is 0 Å². The summed E-state index contributed by atoms with van der Waals surface area (Å²) in [7, 11) is -8.11. The second kappa shape index (κ2) is 36.0. The topological polar surface area (TPSA) is 331 Å². The van der Waals surface area contributed by atoms with E-state index < -0.39 is 75.0 Å². The Morgan fingerprint density at radius 3 is 1.52 bits per heavy atom. The number of aliphatic hydroxyl groups is 2. The molecule has 2 amide bonds. The van der Waals surface area contributed by atoms with Gasteiger partial charge < -0.3 is 87.2 Å². The number of alkyl carbamates (subject to hydrolysis) is 2. The second-order valence-corrected chi connectivity index (χ2v) is 30.3. The molecule has 2 aromatic heterocycles. The van der Waals surface area contributed by atoms with Crippen LogP contribution >= 0.6 is 22.6 Å². The molecule has 0 unspecified atom stereocenters. The summed E-state index contributed by atoms with van der Waals surface area (Å²) in [6.07, 6.45) is 8.35. The van der Waals surface area contributed by atoms with Crippen LogP contribution in [0.2, 0.25) is 0 Å². The first-order valence-electron chi connectivity index (χ1n) is 33.2. The van der Waals surface area contributed by atoms with Gasteiger partial charge in [0.2, 0.25) is 33.6 Å². The lowest BCUT2D eigenvalue weighted by Gasteiger charge is -2.31. The fraction of sp³-hybridized carbons (Fsp3) is 0.529. The molecule has 5 N–H and O–H groups in total. The monoisotopic (exact) mass is 1530 g/mol. The number of hydrogen-bond acceptors (Lipinski definition) is 22. The maximum atomic E-state index is 13.9. The quantitative estimate of drug-likeness (QED) is 0.0162. The van der Waals surface area contributed by atoms with Crippen LogP contribution in [0.3, 0.4) is 0 Å². The minimum Gasteiger partial charge on any atom is -0.494 e. The smallest absolute Gasteiger partial charge is 0.407 e. The van der Waals surface area contributed by atoms with Crippen molar-refractivity contribution in [3.8, 4) is 34.5 Å². The number of carbonyl (C=O) groups excluding carboxylic acids is 2. The molecule has 6 aromatic rings. The summed E-state index contributed by atoms with van der Waals surface area (Å²) >= 11 is 2.30. The number of ether oxygens (including phenoxy) is 12. The molecule has 6 aliphatic heterocycles. The van der Waals surface area contributed by atoms with E-state index in [9.17, 15) is 36.6 Å². The van der Waals surface area contributed by atoms with Crippen molar-refractivity contribution in [2.24, 2.45) is 23.7 Å². The number of aryl methyl sites for hydroxylation is 1. The maximum absolute atomic E-state index is 13.9.